The molecule has 0 fully saturated rings. The Kier molecular flexibility index (Phi) is 9.89. The summed E-state index contributed by atoms with van der Waals surface area (Å²) in [6.45, 7) is 12.1. The average Bonchev–Trinajstić information content (AvgIpc) is 3.45. The number of carbonyl (C=O) groups excluding carboxylic acids is 4. The molecule has 272 valence electrons. The van der Waals surface area contributed by atoms with E-state index in [1.807, 2.05) is 13.8 Å². The van der Waals surface area contributed by atoms with Gasteiger partial charge in [0.25, 0.3) is 23.6 Å². The van der Waals surface area contributed by atoms with Crippen LogP contribution in [-0.4, -0.2) is 67.6 Å². The first-order chi connectivity index (χ1) is 23.8. The van der Waals surface area contributed by atoms with Crippen molar-refractivity contribution in [1.29, 1.82) is 0 Å². The molecule has 51 heavy (non-hydrogen) atoms. The number of hydrogen-bond acceptors (Lipinski definition) is 6. The molecular weight excluding hydrogens is 683 g/mol. The van der Waals surface area contributed by atoms with E-state index in [2.05, 4.69) is 0 Å². The standard InChI is InChI=1S/C38H42F3N3O6S/c1-9-11-17-43(18-12-10-2)51(49,50)32-23(5)21(3)22(4)31(24(32)6)44-35(47)28-16-14-26(20-30(28)36(44)48)37(7,38(39,40)41)25-13-15-27-29(19-25)34(46)42(8)33(27)45/h13-16,19-20H,9-12,17-18H2,1-8H3. The van der Waals surface area contributed by atoms with E-state index in [1.165, 1.54) is 23.5 Å². The lowest BCUT2D eigenvalue weighted by Crippen LogP contribution is -2.41. The molecule has 0 saturated heterocycles. The monoisotopic (exact) mass is 725 g/mol. The van der Waals surface area contributed by atoms with Gasteiger partial charge >= 0.3 is 6.18 Å². The summed E-state index contributed by atoms with van der Waals surface area (Å²) in [6, 6.07) is 6.71. The third kappa shape index (κ3) is 5.78. The van der Waals surface area contributed by atoms with Gasteiger partial charge in [0.1, 0.15) is 5.41 Å². The van der Waals surface area contributed by atoms with Gasteiger partial charge in [0, 0.05) is 20.1 Å². The van der Waals surface area contributed by atoms with Crippen LogP contribution < -0.4 is 4.90 Å². The Morgan fingerprint density at radius 3 is 1.61 bits per heavy atom. The molecule has 0 saturated carbocycles. The first-order valence-corrected chi connectivity index (χ1v) is 18.4. The Morgan fingerprint density at radius 2 is 1.12 bits per heavy atom. The number of nitrogens with zero attached hydrogens (tertiary/aromatic N) is 3. The van der Waals surface area contributed by atoms with Crippen LogP contribution in [0.15, 0.2) is 41.3 Å². The smallest absolute Gasteiger partial charge is 0.277 e. The maximum absolute atomic E-state index is 15.1. The Bertz CT molecular complexity index is 2100. The Labute approximate surface area is 296 Å². The van der Waals surface area contributed by atoms with E-state index in [0.29, 0.717) is 42.6 Å². The predicted octanol–water partition coefficient (Wildman–Crippen LogP) is 7.41. The van der Waals surface area contributed by atoms with E-state index >= 15 is 13.2 Å². The van der Waals surface area contributed by atoms with Crippen molar-refractivity contribution >= 4 is 39.3 Å². The molecule has 1 unspecified atom stereocenters. The second kappa shape index (κ2) is 13.3. The molecule has 2 aliphatic rings. The van der Waals surface area contributed by atoms with Crippen LogP contribution in [0.4, 0.5) is 18.9 Å². The number of hydrogen-bond donors (Lipinski definition) is 0. The van der Waals surface area contributed by atoms with Crippen LogP contribution in [0.2, 0.25) is 0 Å². The van der Waals surface area contributed by atoms with Crippen molar-refractivity contribution in [3.8, 4) is 0 Å². The summed E-state index contributed by atoms with van der Waals surface area (Å²) >= 11 is 0. The molecule has 0 spiro atoms. The van der Waals surface area contributed by atoms with Gasteiger partial charge in [-0.3, -0.25) is 24.1 Å². The molecular formula is C38H42F3N3O6S. The molecule has 0 aromatic heterocycles. The van der Waals surface area contributed by atoms with Crippen LogP contribution in [0.3, 0.4) is 0 Å². The largest absolute Gasteiger partial charge is 0.402 e. The summed E-state index contributed by atoms with van der Waals surface area (Å²) in [6.07, 6.45) is -2.09. The number of anilines is 1. The zero-order valence-corrected chi connectivity index (χ0v) is 30.9. The normalized spacial score (nSPS) is 16.0. The van der Waals surface area contributed by atoms with E-state index in [9.17, 15) is 27.6 Å². The molecule has 0 bridgehead atoms. The number of amides is 4. The summed E-state index contributed by atoms with van der Waals surface area (Å²) < 4.78 is 75.4. The van der Waals surface area contributed by atoms with Gasteiger partial charge in [-0.15, -0.1) is 0 Å². The Morgan fingerprint density at radius 1 is 0.667 bits per heavy atom. The molecule has 9 nitrogen and oxygen atoms in total. The van der Waals surface area contributed by atoms with Crippen molar-refractivity contribution in [3.05, 3.63) is 92.0 Å². The first kappa shape index (κ1) is 37.9. The maximum Gasteiger partial charge on any atom is 0.402 e. The molecule has 13 heteroatoms. The van der Waals surface area contributed by atoms with E-state index in [0.717, 1.165) is 53.8 Å². The SMILES string of the molecule is CCCCN(CCCC)S(=O)(=O)c1c(C)c(C)c(C)c(N2C(=O)c3ccc(C(C)(c4ccc5c(c4)C(=O)N(C)C5=O)C(F)(F)F)cc3C2=O)c1C. The number of carbonyl (C=O) groups is 4. The summed E-state index contributed by atoms with van der Waals surface area (Å²) in [4.78, 5) is 55.0. The molecule has 0 N–H and O–H groups in total. The van der Waals surface area contributed by atoms with Crippen molar-refractivity contribution < 1.29 is 40.8 Å². The van der Waals surface area contributed by atoms with Crippen LogP contribution in [0.25, 0.3) is 0 Å². The highest BCUT2D eigenvalue weighted by atomic mass is 32.2. The zero-order chi connectivity index (χ0) is 38.0. The van der Waals surface area contributed by atoms with Crippen molar-refractivity contribution in [2.45, 2.75) is 90.6 Å². The molecule has 3 aromatic rings. The van der Waals surface area contributed by atoms with E-state index in [4.69, 9.17) is 0 Å². The minimum Gasteiger partial charge on any atom is -0.277 e. The number of unbranched alkanes of at least 4 members (excludes halogenated alkanes) is 2. The topological polar surface area (TPSA) is 112 Å². The van der Waals surface area contributed by atoms with Crippen LogP contribution >= 0.6 is 0 Å². The van der Waals surface area contributed by atoms with Gasteiger partial charge in [0.05, 0.1) is 32.8 Å². The quantitative estimate of drug-likeness (QED) is 0.191. The maximum atomic E-state index is 15.1. The van der Waals surface area contributed by atoms with E-state index in [1.54, 1.807) is 27.7 Å². The van der Waals surface area contributed by atoms with Crippen molar-refractivity contribution in [2.24, 2.45) is 0 Å². The number of halogens is 3. The molecule has 2 aliphatic heterocycles. The first-order valence-electron chi connectivity index (χ1n) is 16.9. The van der Waals surface area contributed by atoms with Crippen molar-refractivity contribution in [2.75, 3.05) is 25.0 Å². The summed E-state index contributed by atoms with van der Waals surface area (Å²) in [7, 11) is -2.83. The zero-order valence-electron chi connectivity index (χ0n) is 30.0. The fourth-order valence-corrected chi connectivity index (χ4v) is 9.11. The predicted molar refractivity (Wildman–Crippen MR) is 187 cm³/mol. The molecule has 0 radical (unpaired) electrons. The third-order valence-corrected chi connectivity index (χ3v) is 12.7. The third-order valence-electron chi connectivity index (χ3n) is 10.6. The Balaban J connectivity index is 1.65. The van der Waals surface area contributed by atoms with E-state index < -0.39 is 45.2 Å². The van der Waals surface area contributed by atoms with Crippen LogP contribution in [-0.2, 0) is 15.4 Å². The van der Waals surface area contributed by atoms with Gasteiger partial charge in [0.2, 0.25) is 10.0 Å². The highest BCUT2D eigenvalue weighted by Crippen LogP contribution is 2.48. The highest BCUT2D eigenvalue weighted by molar-refractivity contribution is 7.89. The molecule has 4 amide bonds. The van der Waals surface area contributed by atoms with Gasteiger partial charge < -0.3 is 0 Å². The molecule has 0 aliphatic carbocycles. The number of benzene rings is 3. The van der Waals surface area contributed by atoms with Crippen LogP contribution in [0.5, 0.6) is 0 Å². The number of sulfonamides is 1. The second-order valence-electron chi connectivity index (χ2n) is 13.5. The van der Waals surface area contributed by atoms with Crippen LogP contribution in [0, 0.1) is 27.7 Å². The molecule has 2 heterocycles. The van der Waals surface area contributed by atoms with Gasteiger partial charge in [-0.05, 0) is 105 Å². The minimum atomic E-state index is -4.94. The summed E-state index contributed by atoms with van der Waals surface area (Å²) in [5.74, 6) is -3.03. The van der Waals surface area contributed by atoms with Gasteiger partial charge in [-0.2, -0.15) is 17.5 Å². The fraction of sp³-hybridized carbons (Fsp3) is 0.421. The summed E-state index contributed by atoms with van der Waals surface area (Å²) in [5, 5.41) is 0. The number of rotatable bonds is 11. The van der Waals surface area contributed by atoms with E-state index in [-0.39, 0.29) is 49.5 Å². The van der Waals surface area contributed by atoms with Gasteiger partial charge in [-0.25, -0.2) is 13.3 Å². The lowest BCUT2D eigenvalue weighted by molar-refractivity contribution is -0.173. The fourth-order valence-electron chi connectivity index (χ4n) is 7.09. The molecule has 5 rings (SSSR count). The second-order valence-corrected chi connectivity index (χ2v) is 15.4. The summed E-state index contributed by atoms with van der Waals surface area (Å²) in [5.41, 5.74) is -2.18. The minimum absolute atomic E-state index is 0.00461. The Hall–Kier alpha value is -4.36. The van der Waals surface area contributed by atoms with Crippen LogP contribution in [0.1, 0.15) is 121 Å². The average molecular weight is 726 g/mol. The highest BCUT2D eigenvalue weighted by Gasteiger charge is 2.55. The lowest BCUT2D eigenvalue weighted by Gasteiger charge is -2.33. The van der Waals surface area contributed by atoms with Crippen molar-refractivity contribution in [3.63, 3.8) is 0 Å². The molecule has 1 atom stereocenters. The number of alkyl halides is 3. The van der Waals surface area contributed by atoms with Gasteiger partial charge in [-0.1, -0.05) is 38.8 Å². The molecule has 3 aromatic carbocycles. The number of imide groups is 2. The van der Waals surface area contributed by atoms with Gasteiger partial charge in [0.15, 0.2) is 0 Å². The lowest BCUT2D eigenvalue weighted by atomic mass is 9.74. The van der Waals surface area contributed by atoms with Crippen molar-refractivity contribution in [1.82, 2.24) is 9.21 Å². The number of fused-ring (bicyclic) bond motifs is 2.